The number of carboxylic acid groups (broad SMARTS) is 1. The maximum Gasteiger partial charge on any atom is 0.418 e. The zero-order valence-corrected chi connectivity index (χ0v) is 17.3. The number of benzene rings is 2. The second-order valence-electron chi connectivity index (χ2n) is 7.07. The van der Waals surface area contributed by atoms with Crippen molar-refractivity contribution < 1.29 is 23.1 Å². The molecule has 2 aromatic carbocycles. The van der Waals surface area contributed by atoms with Crippen molar-refractivity contribution in [1.29, 1.82) is 0 Å². The minimum Gasteiger partial charge on any atom is -0.478 e. The second-order valence-corrected chi connectivity index (χ2v) is 7.07. The molecule has 3 rings (SSSR count). The molecule has 160 valence electrons. The van der Waals surface area contributed by atoms with Crippen molar-refractivity contribution in [1.82, 2.24) is 4.57 Å². The molecule has 0 aliphatic rings. The molecule has 1 heterocycles. The first kappa shape index (κ1) is 23.2. The van der Waals surface area contributed by atoms with E-state index in [1.54, 1.807) is 6.92 Å². The van der Waals surface area contributed by atoms with Crippen molar-refractivity contribution in [2.45, 2.75) is 40.4 Å². The lowest BCUT2D eigenvalue weighted by Crippen LogP contribution is -2.12. The molecule has 0 saturated heterocycles. The van der Waals surface area contributed by atoms with Gasteiger partial charge in [-0.1, -0.05) is 35.9 Å². The Hall–Kier alpha value is -3.06. The third kappa shape index (κ3) is 5.10. The van der Waals surface area contributed by atoms with Gasteiger partial charge in [-0.3, -0.25) is 0 Å². The molecule has 0 amide bonds. The van der Waals surface area contributed by atoms with E-state index in [0.29, 0.717) is 12.2 Å². The molecule has 0 radical (unpaired) electrons. The quantitative estimate of drug-likeness (QED) is 0.584. The van der Waals surface area contributed by atoms with Crippen molar-refractivity contribution in [3.63, 3.8) is 0 Å². The van der Waals surface area contributed by atoms with Crippen LogP contribution in [0.2, 0.25) is 0 Å². The van der Waals surface area contributed by atoms with E-state index in [1.807, 2.05) is 0 Å². The Labute approximate surface area is 173 Å². The van der Waals surface area contributed by atoms with Gasteiger partial charge in [-0.05, 0) is 57.0 Å². The fraction of sp³-hybridized carbons (Fsp3) is 0.261. The first-order valence-electron chi connectivity index (χ1n) is 9.32. The van der Waals surface area contributed by atoms with Gasteiger partial charge in [0.15, 0.2) is 0 Å². The van der Waals surface area contributed by atoms with Gasteiger partial charge in [-0.2, -0.15) is 13.2 Å². The number of halogens is 3. The average Bonchev–Trinajstić information content (AvgIpc) is 2.96. The van der Waals surface area contributed by atoms with Gasteiger partial charge in [-0.25, -0.2) is 4.79 Å². The third-order valence-corrected chi connectivity index (χ3v) is 4.83. The number of hydrogen-bond acceptors (Lipinski definition) is 2. The summed E-state index contributed by atoms with van der Waals surface area (Å²) in [7, 11) is 0. The normalized spacial score (nSPS) is 11.1. The number of carbonyl (C=O) groups is 1. The monoisotopic (exact) mass is 418 g/mol. The zero-order valence-electron chi connectivity index (χ0n) is 17.3. The number of para-hydroxylation sites is 1. The summed E-state index contributed by atoms with van der Waals surface area (Å²) in [4.78, 5) is 11.1. The first-order valence-corrected chi connectivity index (χ1v) is 9.32. The number of alkyl halides is 3. The van der Waals surface area contributed by atoms with E-state index in [-0.39, 0.29) is 16.9 Å². The Bertz CT molecular complexity index is 1050. The van der Waals surface area contributed by atoms with E-state index in [9.17, 15) is 18.0 Å². The Morgan fingerprint density at radius 2 is 1.67 bits per heavy atom. The number of aromatic carboxylic acids is 1. The topological polar surface area (TPSA) is 68.2 Å². The van der Waals surface area contributed by atoms with Crippen LogP contribution < -0.4 is 5.73 Å². The summed E-state index contributed by atoms with van der Waals surface area (Å²) in [5.41, 5.74) is 9.19. The largest absolute Gasteiger partial charge is 0.478 e. The van der Waals surface area contributed by atoms with E-state index < -0.39 is 17.7 Å². The van der Waals surface area contributed by atoms with E-state index in [2.05, 4.69) is 32.0 Å². The number of aryl methyl sites for hydroxylation is 3. The van der Waals surface area contributed by atoms with E-state index in [1.165, 1.54) is 52.4 Å². The smallest absolute Gasteiger partial charge is 0.418 e. The van der Waals surface area contributed by atoms with Crippen LogP contribution in [0.3, 0.4) is 0 Å². The van der Waals surface area contributed by atoms with Gasteiger partial charge < -0.3 is 15.4 Å². The van der Waals surface area contributed by atoms with E-state index >= 15 is 0 Å². The molecule has 0 atom stereocenters. The van der Waals surface area contributed by atoms with E-state index in [4.69, 9.17) is 10.8 Å². The molecule has 0 fully saturated rings. The van der Waals surface area contributed by atoms with Gasteiger partial charge in [0.05, 0.1) is 16.8 Å². The van der Waals surface area contributed by atoms with Crippen molar-refractivity contribution in [2.75, 3.05) is 0 Å². The average molecular weight is 418 g/mol. The fourth-order valence-corrected chi connectivity index (χ4v) is 3.33. The van der Waals surface area contributed by atoms with Crippen LogP contribution in [0, 0.1) is 27.7 Å². The molecule has 30 heavy (non-hydrogen) atoms. The summed E-state index contributed by atoms with van der Waals surface area (Å²) in [5, 5.41) is 9.04. The van der Waals surface area contributed by atoms with Crippen LogP contribution in [0.4, 0.5) is 13.2 Å². The molecule has 7 heteroatoms. The van der Waals surface area contributed by atoms with Gasteiger partial charge in [0, 0.05) is 17.9 Å². The number of rotatable bonds is 3. The lowest BCUT2D eigenvalue weighted by atomic mass is 10.1. The molecule has 4 nitrogen and oxygen atoms in total. The highest BCUT2D eigenvalue weighted by atomic mass is 19.4. The minimum atomic E-state index is -4.50. The third-order valence-electron chi connectivity index (χ3n) is 4.83. The second kappa shape index (κ2) is 9.17. The Morgan fingerprint density at radius 3 is 2.17 bits per heavy atom. The molecular formula is C23H25F3N2O2. The summed E-state index contributed by atoms with van der Waals surface area (Å²) in [6.45, 7) is 7.89. The molecule has 0 bridgehead atoms. The van der Waals surface area contributed by atoms with E-state index in [0.717, 1.165) is 6.07 Å². The van der Waals surface area contributed by atoms with Gasteiger partial charge >= 0.3 is 12.1 Å². The van der Waals surface area contributed by atoms with Gasteiger partial charge in [-0.15, -0.1) is 0 Å². The SMILES string of the molecule is Cc1cc(C(=O)O)c(C)n1-c1ccccc1C(F)(F)F.Cc1ccc(CN)c(C)c1. The molecule has 0 aliphatic heterocycles. The number of nitrogens with two attached hydrogens (primary N) is 1. The molecule has 0 spiro atoms. The van der Waals surface area contributed by atoms with Crippen LogP contribution in [-0.2, 0) is 12.7 Å². The molecule has 0 aliphatic carbocycles. The summed E-state index contributed by atoms with van der Waals surface area (Å²) in [6.07, 6.45) is -4.50. The maximum atomic E-state index is 13.0. The number of aromatic nitrogens is 1. The van der Waals surface area contributed by atoms with Crippen LogP contribution in [0.5, 0.6) is 0 Å². The van der Waals surface area contributed by atoms with Crippen molar-refractivity contribution in [3.05, 3.63) is 87.7 Å². The lowest BCUT2D eigenvalue weighted by molar-refractivity contribution is -0.137. The molecule has 3 N–H and O–H groups in total. The number of hydrogen-bond donors (Lipinski definition) is 2. The molecule has 0 saturated carbocycles. The van der Waals surface area contributed by atoms with Gasteiger partial charge in [0.1, 0.15) is 0 Å². The summed E-state index contributed by atoms with van der Waals surface area (Å²) >= 11 is 0. The molecule has 1 aromatic heterocycles. The first-order chi connectivity index (χ1) is 14.0. The molecule has 3 aromatic rings. The fourth-order valence-electron chi connectivity index (χ4n) is 3.33. The van der Waals surface area contributed by atoms with Crippen molar-refractivity contribution in [3.8, 4) is 5.69 Å². The lowest BCUT2D eigenvalue weighted by Gasteiger charge is -2.16. The minimum absolute atomic E-state index is 0.000484. The summed E-state index contributed by atoms with van der Waals surface area (Å²) < 4.78 is 40.4. The molecule has 0 unspecified atom stereocenters. The number of nitrogens with zero attached hydrogens (tertiary/aromatic N) is 1. The Morgan fingerprint density at radius 1 is 1.03 bits per heavy atom. The predicted octanol–water partition coefficient (Wildman–Crippen LogP) is 5.57. The standard InChI is InChI=1S/C14H12F3NO2.C9H13N/c1-8-7-10(13(19)20)9(2)18(8)12-6-4-3-5-11(12)14(15,16)17;1-7-3-4-9(6-10)8(2)5-7/h3-7H,1-2H3,(H,19,20);3-5H,6,10H2,1-2H3. The van der Waals surface area contributed by atoms with Gasteiger partial charge in [0.2, 0.25) is 0 Å². The highest BCUT2D eigenvalue weighted by molar-refractivity contribution is 5.89. The highest BCUT2D eigenvalue weighted by Gasteiger charge is 2.34. The maximum absolute atomic E-state index is 13.0. The van der Waals surface area contributed by atoms with Crippen molar-refractivity contribution >= 4 is 5.97 Å². The van der Waals surface area contributed by atoms with Crippen LogP contribution >= 0.6 is 0 Å². The Kier molecular flexibility index (Phi) is 7.10. The molecular weight excluding hydrogens is 393 g/mol. The van der Waals surface area contributed by atoms with Gasteiger partial charge in [0.25, 0.3) is 0 Å². The van der Waals surface area contributed by atoms with Crippen LogP contribution in [0.25, 0.3) is 5.69 Å². The number of carboxylic acids is 1. The predicted molar refractivity (Wildman–Crippen MR) is 111 cm³/mol. The van der Waals surface area contributed by atoms with Crippen molar-refractivity contribution in [2.24, 2.45) is 5.73 Å². The zero-order chi connectivity index (χ0) is 22.6. The van der Waals surface area contributed by atoms with Crippen LogP contribution in [0.1, 0.15) is 44.0 Å². The van der Waals surface area contributed by atoms with Crippen LogP contribution in [-0.4, -0.2) is 15.6 Å². The summed E-state index contributed by atoms with van der Waals surface area (Å²) in [5.74, 6) is -1.16. The van der Waals surface area contributed by atoms with Crippen LogP contribution in [0.15, 0.2) is 48.5 Å². The Balaban J connectivity index is 0.000000269. The highest BCUT2D eigenvalue weighted by Crippen LogP contribution is 2.35. The summed E-state index contributed by atoms with van der Waals surface area (Å²) in [6, 6.07) is 12.8.